The third-order valence-electron chi connectivity index (χ3n) is 3.62. The van der Waals surface area contributed by atoms with Crippen LogP contribution in [-0.4, -0.2) is 37.9 Å². The van der Waals surface area contributed by atoms with E-state index >= 15 is 0 Å². The molecule has 0 aromatic carbocycles. The number of aliphatic hydroxyl groups excluding tert-OH is 1. The highest BCUT2D eigenvalue weighted by Gasteiger charge is 2.27. The van der Waals surface area contributed by atoms with E-state index in [9.17, 15) is 9.59 Å². The first-order valence-corrected chi connectivity index (χ1v) is 7.93. The second-order valence-electron chi connectivity index (χ2n) is 5.29. The third-order valence-corrected chi connectivity index (χ3v) is 3.62. The number of unbranched alkanes of at least 4 members (excludes halogenated alkanes) is 8. The van der Waals surface area contributed by atoms with Gasteiger partial charge in [0, 0.05) is 6.61 Å². The summed E-state index contributed by atoms with van der Waals surface area (Å²) in [6.07, 6.45) is 10.3. The number of ether oxygens (including phenoxy) is 2. The van der Waals surface area contributed by atoms with Crippen molar-refractivity contribution < 1.29 is 24.2 Å². The lowest BCUT2D eigenvalue weighted by Gasteiger charge is -2.11. The second-order valence-corrected chi connectivity index (χ2v) is 5.29. The van der Waals surface area contributed by atoms with Gasteiger partial charge in [-0.3, -0.25) is 9.59 Å². The minimum absolute atomic E-state index is 0.293. The summed E-state index contributed by atoms with van der Waals surface area (Å²) in [5.74, 6) is -1.80. The van der Waals surface area contributed by atoms with Crippen LogP contribution in [0.4, 0.5) is 0 Å². The molecule has 0 aromatic rings. The van der Waals surface area contributed by atoms with Crippen LogP contribution in [0.25, 0.3) is 0 Å². The molecule has 5 nitrogen and oxygen atoms in total. The van der Waals surface area contributed by atoms with E-state index in [2.05, 4.69) is 9.47 Å². The zero-order valence-electron chi connectivity index (χ0n) is 13.4. The van der Waals surface area contributed by atoms with E-state index in [0.717, 1.165) is 32.1 Å². The van der Waals surface area contributed by atoms with Crippen LogP contribution in [0.1, 0.15) is 64.2 Å². The number of carbonyl (C=O) groups excluding carboxylic acids is 2. The van der Waals surface area contributed by atoms with Gasteiger partial charge in [0.25, 0.3) is 0 Å². The first-order chi connectivity index (χ1) is 10.2. The Balaban J connectivity index is 3.58. The van der Waals surface area contributed by atoms with Crippen molar-refractivity contribution in [1.29, 1.82) is 0 Å². The monoisotopic (exact) mass is 302 g/mol. The number of hydrogen-bond acceptors (Lipinski definition) is 5. The van der Waals surface area contributed by atoms with Gasteiger partial charge in [-0.1, -0.05) is 51.4 Å². The Labute approximate surface area is 128 Å². The van der Waals surface area contributed by atoms with Gasteiger partial charge >= 0.3 is 11.9 Å². The van der Waals surface area contributed by atoms with Gasteiger partial charge < -0.3 is 14.6 Å². The fraction of sp³-hybridized carbons (Fsp3) is 0.875. The van der Waals surface area contributed by atoms with Gasteiger partial charge in [-0.25, -0.2) is 0 Å². The lowest BCUT2D eigenvalue weighted by molar-refractivity contribution is -0.159. The molecular formula is C16H30O5. The molecule has 0 aliphatic rings. The van der Waals surface area contributed by atoms with Gasteiger partial charge in [0.05, 0.1) is 14.2 Å². The summed E-state index contributed by atoms with van der Waals surface area (Å²) in [6, 6.07) is 0. The maximum Gasteiger partial charge on any atom is 0.320 e. The van der Waals surface area contributed by atoms with E-state index < -0.39 is 17.9 Å². The van der Waals surface area contributed by atoms with E-state index in [-0.39, 0.29) is 0 Å². The topological polar surface area (TPSA) is 72.8 Å². The van der Waals surface area contributed by atoms with Crippen molar-refractivity contribution in [3.8, 4) is 0 Å². The second kappa shape index (κ2) is 13.9. The number of aliphatic hydroxyl groups is 1. The minimum Gasteiger partial charge on any atom is -0.468 e. The van der Waals surface area contributed by atoms with Crippen LogP contribution in [0.2, 0.25) is 0 Å². The highest BCUT2D eigenvalue weighted by atomic mass is 16.5. The highest BCUT2D eigenvalue weighted by molar-refractivity contribution is 5.94. The van der Waals surface area contributed by atoms with Gasteiger partial charge in [0.2, 0.25) is 0 Å². The van der Waals surface area contributed by atoms with Gasteiger partial charge in [0.15, 0.2) is 5.92 Å². The van der Waals surface area contributed by atoms with Crippen LogP contribution in [0, 0.1) is 5.92 Å². The molecule has 0 aliphatic heterocycles. The van der Waals surface area contributed by atoms with Crippen molar-refractivity contribution in [3.63, 3.8) is 0 Å². The van der Waals surface area contributed by atoms with Crippen LogP contribution >= 0.6 is 0 Å². The molecule has 0 saturated carbocycles. The summed E-state index contributed by atoms with van der Waals surface area (Å²) < 4.78 is 9.24. The van der Waals surface area contributed by atoms with Crippen LogP contribution in [0.3, 0.4) is 0 Å². The Hall–Kier alpha value is -1.10. The van der Waals surface area contributed by atoms with Crippen LogP contribution in [0.5, 0.6) is 0 Å². The Kier molecular flexibility index (Phi) is 13.1. The summed E-state index contributed by atoms with van der Waals surface area (Å²) in [6.45, 7) is 0.293. The number of carbonyl (C=O) groups is 2. The highest BCUT2D eigenvalue weighted by Crippen LogP contribution is 2.15. The molecule has 0 radical (unpaired) electrons. The van der Waals surface area contributed by atoms with E-state index in [1.807, 2.05) is 0 Å². The number of hydrogen-bond donors (Lipinski definition) is 1. The zero-order valence-corrected chi connectivity index (χ0v) is 13.4. The van der Waals surface area contributed by atoms with E-state index in [0.29, 0.717) is 13.0 Å². The smallest absolute Gasteiger partial charge is 0.320 e. The molecule has 0 aliphatic carbocycles. The molecule has 5 heteroatoms. The van der Waals surface area contributed by atoms with Gasteiger partial charge in [-0.2, -0.15) is 0 Å². The van der Waals surface area contributed by atoms with Gasteiger partial charge in [0.1, 0.15) is 0 Å². The quantitative estimate of drug-likeness (QED) is 0.322. The molecule has 0 atom stereocenters. The first kappa shape index (κ1) is 19.9. The summed E-state index contributed by atoms with van der Waals surface area (Å²) >= 11 is 0. The predicted octanol–water partition coefficient (Wildman–Crippen LogP) is 2.84. The van der Waals surface area contributed by atoms with Crippen LogP contribution in [0.15, 0.2) is 0 Å². The Morgan fingerprint density at radius 3 is 1.52 bits per heavy atom. The summed E-state index contributed by atoms with van der Waals surface area (Å²) in [4.78, 5) is 22.9. The van der Waals surface area contributed by atoms with Crippen molar-refractivity contribution in [2.75, 3.05) is 20.8 Å². The SMILES string of the molecule is COC(=O)C(CCCCCCCCCCCO)C(=O)OC. The third kappa shape index (κ3) is 10.3. The Morgan fingerprint density at radius 1 is 0.762 bits per heavy atom. The Bertz CT molecular complexity index is 262. The largest absolute Gasteiger partial charge is 0.468 e. The Morgan fingerprint density at radius 2 is 1.14 bits per heavy atom. The van der Waals surface area contributed by atoms with Crippen molar-refractivity contribution >= 4 is 11.9 Å². The lowest BCUT2D eigenvalue weighted by Crippen LogP contribution is -2.26. The van der Waals surface area contributed by atoms with E-state index in [1.54, 1.807) is 0 Å². The van der Waals surface area contributed by atoms with E-state index in [1.165, 1.54) is 39.9 Å². The summed E-state index contributed by atoms with van der Waals surface area (Å²) in [5.41, 5.74) is 0. The maximum absolute atomic E-state index is 11.5. The van der Waals surface area contributed by atoms with Crippen LogP contribution < -0.4 is 0 Å². The summed E-state index contributed by atoms with van der Waals surface area (Å²) in [5, 5.41) is 8.66. The molecule has 0 spiro atoms. The normalized spacial score (nSPS) is 10.7. The van der Waals surface area contributed by atoms with E-state index in [4.69, 9.17) is 5.11 Å². The molecule has 0 fully saturated rings. The number of rotatable bonds is 13. The average Bonchev–Trinajstić information content (AvgIpc) is 2.51. The molecule has 1 N–H and O–H groups in total. The molecule has 0 aromatic heterocycles. The predicted molar refractivity (Wildman–Crippen MR) is 80.8 cm³/mol. The molecule has 0 saturated heterocycles. The molecule has 0 unspecified atom stereocenters. The average molecular weight is 302 g/mol. The molecule has 0 bridgehead atoms. The fourth-order valence-corrected chi connectivity index (χ4v) is 2.31. The number of esters is 2. The van der Waals surface area contributed by atoms with Crippen molar-refractivity contribution in [3.05, 3.63) is 0 Å². The molecular weight excluding hydrogens is 272 g/mol. The molecule has 0 heterocycles. The minimum atomic E-state index is -0.779. The fourth-order valence-electron chi connectivity index (χ4n) is 2.31. The van der Waals surface area contributed by atoms with Gasteiger partial charge in [-0.15, -0.1) is 0 Å². The maximum atomic E-state index is 11.5. The van der Waals surface area contributed by atoms with Gasteiger partial charge in [-0.05, 0) is 12.8 Å². The molecule has 0 amide bonds. The summed E-state index contributed by atoms with van der Waals surface area (Å²) in [7, 11) is 2.57. The van der Waals surface area contributed by atoms with Crippen molar-refractivity contribution in [2.45, 2.75) is 64.2 Å². The van der Waals surface area contributed by atoms with Crippen molar-refractivity contribution in [1.82, 2.24) is 0 Å². The van der Waals surface area contributed by atoms with Crippen LogP contribution in [-0.2, 0) is 19.1 Å². The first-order valence-electron chi connectivity index (χ1n) is 7.93. The van der Waals surface area contributed by atoms with Crippen molar-refractivity contribution in [2.24, 2.45) is 5.92 Å². The molecule has 21 heavy (non-hydrogen) atoms. The zero-order chi connectivity index (χ0) is 15.9. The molecule has 0 rings (SSSR count). The standard InChI is InChI=1S/C16H30O5/c1-20-15(18)14(16(19)21-2)12-10-8-6-4-3-5-7-9-11-13-17/h14,17H,3-13H2,1-2H3. The molecule has 124 valence electrons. The lowest BCUT2D eigenvalue weighted by atomic mass is 10.00. The number of methoxy groups -OCH3 is 2.